The van der Waals surface area contributed by atoms with Crippen LogP contribution >= 0.6 is 11.8 Å². The summed E-state index contributed by atoms with van der Waals surface area (Å²) in [5, 5.41) is 4.43. The Hall–Kier alpha value is -1.92. The van der Waals surface area contributed by atoms with Gasteiger partial charge in [-0.25, -0.2) is 15.0 Å². The van der Waals surface area contributed by atoms with Crippen LogP contribution in [0.3, 0.4) is 0 Å². The maximum atomic E-state index is 5.63. The second-order valence-electron chi connectivity index (χ2n) is 4.20. The maximum Gasteiger partial charge on any atom is 0.264 e. The zero-order valence-corrected chi connectivity index (χ0v) is 11.9. The summed E-state index contributed by atoms with van der Waals surface area (Å²) in [7, 11) is 0. The van der Waals surface area contributed by atoms with Crippen LogP contribution in [0.4, 0.5) is 0 Å². The molecule has 5 nitrogen and oxygen atoms in total. The molecule has 6 heteroatoms. The average Bonchev–Trinajstić information content (AvgIpc) is 2.89. The Bertz CT molecular complexity index is 663. The molecule has 0 aliphatic heterocycles. The molecule has 20 heavy (non-hydrogen) atoms. The van der Waals surface area contributed by atoms with Crippen LogP contribution in [0, 0.1) is 0 Å². The zero-order valence-electron chi connectivity index (χ0n) is 11.0. The van der Waals surface area contributed by atoms with Crippen LogP contribution < -0.4 is 5.32 Å². The van der Waals surface area contributed by atoms with Gasteiger partial charge in [0.25, 0.3) is 5.22 Å². The molecule has 2 heterocycles. The number of rotatable bonds is 5. The predicted octanol–water partition coefficient (Wildman–Crippen LogP) is 2.88. The van der Waals surface area contributed by atoms with E-state index in [1.165, 1.54) is 11.8 Å². The van der Waals surface area contributed by atoms with Gasteiger partial charge in [-0.3, -0.25) is 0 Å². The summed E-state index contributed by atoms with van der Waals surface area (Å²) in [6, 6.07) is 7.68. The van der Waals surface area contributed by atoms with Gasteiger partial charge in [0, 0.05) is 36.3 Å². The van der Waals surface area contributed by atoms with Gasteiger partial charge in [-0.1, -0.05) is 19.1 Å². The summed E-state index contributed by atoms with van der Waals surface area (Å²) >= 11 is 1.33. The molecule has 102 valence electrons. The summed E-state index contributed by atoms with van der Waals surface area (Å²) < 4.78 is 5.63. The van der Waals surface area contributed by atoms with E-state index in [2.05, 4.69) is 27.2 Å². The lowest BCUT2D eigenvalue weighted by Crippen LogP contribution is -2.12. The van der Waals surface area contributed by atoms with Crippen LogP contribution in [-0.4, -0.2) is 21.5 Å². The van der Waals surface area contributed by atoms with E-state index in [4.69, 9.17) is 4.42 Å². The van der Waals surface area contributed by atoms with Crippen LogP contribution in [-0.2, 0) is 6.54 Å². The van der Waals surface area contributed by atoms with Crippen LogP contribution in [0.1, 0.15) is 12.5 Å². The van der Waals surface area contributed by atoms with Crippen molar-refractivity contribution in [1.82, 2.24) is 20.3 Å². The van der Waals surface area contributed by atoms with E-state index in [1.807, 2.05) is 36.7 Å². The quantitative estimate of drug-likeness (QED) is 0.728. The van der Waals surface area contributed by atoms with Crippen molar-refractivity contribution >= 4 is 22.9 Å². The highest BCUT2D eigenvalue weighted by Gasteiger charge is 2.08. The second kappa shape index (κ2) is 6.02. The SMILES string of the molecule is CCNCc1cnc(Sc2nc3ccccc3o2)nc1. The minimum Gasteiger partial charge on any atom is -0.431 e. The summed E-state index contributed by atoms with van der Waals surface area (Å²) in [6.45, 7) is 3.78. The minimum atomic E-state index is 0.561. The largest absolute Gasteiger partial charge is 0.431 e. The lowest BCUT2D eigenvalue weighted by molar-refractivity contribution is 0.488. The maximum absolute atomic E-state index is 5.63. The molecule has 1 N–H and O–H groups in total. The summed E-state index contributed by atoms with van der Waals surface area (Å²) in [4.78, 5) is 13.0. The first-order chi connectivity index (χ1) is 9.85. The molecular weight excluding hydrogens is 272 g/mol. The third kappa shape index (κ3) is 2.97. The van der Waals surface area contributed by atoms with Gasteiger partial charge < -0.3 is 9.73 Å². The normalized spacial score (nSPS) is 11.1. The van der Waals surface area contributed by atoms with Gasteiger partial charge in [-0.15, -0.1) is 0 Å². The molecule has 0 saturated carbocycles. The lowest BCUT2D eigenvalue weighted by Gasteiger charge is -2.01. The molecule has 0 radical (unpaired) electrons. The van der Waals surface area contributed by atoms with Crippen molar-refractivity contribution in [2.45, 2.75) is 23.8 Å². The Kier molecular flexibility index (Phi) is 3.94. The van der Waals surface area contributed by atoms with Gasteiger partial charge in [0.15, 0.2) is 10.7 Å². The van der Waals surface area contributed by atoms with Crippen molar-refractivity contribution in [3.63, 3.8) is 0 Å². The Morgan fingerprint density at radius 3 is 2.75 bits per heavy atom. The third-order valence-corrected chi connectivity index (χ3v) is 3.46. The monoisotopic (exact) mass is 286 g/mol. The first-order valence-electron chi connectivity index (χ1n) is 6.40. The number of hydrogen-bond donors (Lipinski definition) is 1. The van der Waals surface area contributed by atoms with Crippen molar-refractivity contribution in [3.8, 4) is 0 Å². The minimum absolute atomic E-state index is 0.561. The topological polar surface area (TPSA) is 63.8 Å². The highest BCUT2D eigenvalue weighted by atomic mass is 32.2. The van der Waals surface area contributed by atoms with Gasteiger partial charge in [0.1, 0.15) is 5.52 Å². The van der Waals surface area contributed by atoms with Gasteiger partial charge in [0.05, 0.1) is 0 Å². The Balaban J connectivity index is 1.73. The number of para-hydroxylation sites is 2. The van der Waals surface area contributed by atoms with E-state index in [0.29, 0.717) is 10.4 Å². The first-order valence-corrected chi connectivity index (χ1v) is 7.22. The summed E-state index contributed by atoms with van der Waals surface area (Å²) in [5.41, 5.74) is 2.69. The smallest absolute Gasteiger partial charge is 0.264 e. The molecule has 0 bridgehead atoms. The number of hydrogen-bond acceptors (Lipinski definition) is 6. The highest BCUT2D eigenvalue weighted by Crippen LogP contribution is 2.27. The summed E-state index contributed by atoms with van der Waals surface area (Å²) in [6.07, 6.45) is 3.64. The van der Waals surface area contributed by atoms with Crippen molar-refractivity contribution in [3.05, 3.63) is 42.2 Å². The first kappa shape index (κ1) is 13.1. The second-order valence-corrected chi connectivity index (χ2v) is 5.12. The standard InChI is InChI=1S/C14H14N4OS/c1-2-15-7-10-8-16-13(17-9-10)20-14-18-11-5-3-4-6-12(11)19-14/h3-6,8-9,15H,2,7H2,1H3. The van der Waals surface area contributed by atoms with Crippen molar-refractivity contribution in [1.29, 1.82) is 0 Å². The predicted molar refractivity (Wildman–Crippen MR) is 77.5 cm³/mol. The summed E-state index contributed by atoms with van der Waals surface area (Å²) in [5.74, 6) is 0. The molecular formula is C14H14N4OS. The van der Waals surface area contributed by atoms with E-state index in [-0.39, 0.29) is 0 Å². The molecule has 0 saturated heterocycles. The molecule has 0 amide bonds. The molecule has 0 aliphatic rings. The van der Waals surface area contributed by atoms with Crippen LogP contribution in [0.5, 0.6) is 0 Å². The van der Waals surface area contributed by atoms with E-state index in [0.717, 1.165) is 29.8 Å². The molecule has 1 aromatic carbocycles. The number of fused-ring (bicyclic) bond motifs is 1. The third-order valence-electron chi connectivity index (χ3n) is 2.71. The Labute approximate surface area is 120 Å². The zero-order chi connectivity index (χ0) is 13.8. The number of oxazole rings is 1. The molecule has 3 aromatic rings. The molecule has 0 spiro atoms. The van der Waals surface area contributed by atoms with Crippen LogP contribution in [0.25, 0.3) is 11.1 Å². The van der Waals surface area contributed by atoms with E-state index in [1.54, 1.807) is 0 Å². The fourth-order valence-corrected chi connectivity index (χ4v) is 2.37. The number of nitrogens with zero attached hydrogens (tertiary/aromatic N) is 3. The number of benzene rings is 1. The van der Waals surface area contributed by atoms with E-state index < -0.39 is 0 Å². The fourth-order valence-electron chi connectivity index (χ4n) is 1.73. The number of aromatic nitrogens is 3. The van der Waals surface area contributed by atoms with Gasteiger partial charge in [-0.05, 0) is 18.7 Å². The molecule has 0 aliphatic carbocycles. The van der Waals surface area contributed by atoms with Crippen molar-refractivity contribution in [2.75, 3.05) is 6.54 Å². The number of nitrogens with one attached hydrogen (secondary N) is 1. The van der Waals surface area contributed by atoms with Crippen LogP contribution in [0.15, 0.2) is 51.5 Å². The molecule has 0 unspecified atom stereocenters. The molecule has 3 rings (SSSR count). The molecule has 2 aromatic heterocycles. The molecule has 0 atom stereocenters. The molecule has 0 fully saturated rings. The van der Waals surface area contributed by atoms with Gasteiger partial charge in [-0.2, -0.15) is 0 Å². The van der Waals surface area contributed by atoms with Crippen molar-refractivity contribution < 1.29 is 4.42 Å². The van der Waals surface area contributed by atoms with Crippen molar-refractivity contribution in [2.24, 2.45) is 0 Å². The Morgan fingerprint density at radius 2 is 2.00 bits per heavy atom. The fraction of sp³-hybridized carbons (Fsp3) is 0.214. The highest BCUT2D eigenvalue weighted by molar-refractivity contribution is 7.98. The Morgan fingerprint density at radius 1 is 1.20 bits per heavy atom. The van der Waals surface area contributed by atoms with Crippen LogP contribution in [0.2, 0.25) is 0 Å². The van der Waals surface area contributed by atoms with Gasteiger partial charge in [0.2, 0.25) is 0 Å². The average molecular weight is 286 g/mol. The van der Waals surface area contributed by atoms with Gasteiger partial charge >= 0.3 is 0 Å². The lowest BCUT2D eigenvalue weighted by atomic mass is 10.3. The van der Waals surface area contributed by atoms with E-state index in [9.17, 15) is 0 Å². The van der Waals surface area contributed by atoms with E-state index >= 15 is 0 Å².